The highest BCUT2D eigenvalue weighted by atomic mass is 16.5. The van der Waals surface area contributed by atoms with Gasteiger partial charge in [0.15, 0.2) is 6.61 Å². The van der Waals surface area contributed by atoms with Gasteiger partial charge < -0.3 is 14.5 Å². The summed E-state index contributed by atoms with van der Waals surface area (Å²) in [4.78, 5) is 34.0. The van der Waals surface area contributed by atoms with Crippen molar-refractivity contribution in [2.24, 2.45) is 0 Å². The summed E-state index contributed by atoms with van der Waals surface area (Å²) < 4.78 is 10.3. The average molecular weight is 304 g/mol. The normalized spacial score (nSPS) is 10.5. The number of hydrogen-bond acceptors (Lipinski definition) is 5. The molecule has 0 aliphatic carbocycles. The van der Waals surface area contributed by atoms with Crippen molar-refractivity contribution in [3.63, 3.8) is 0 Å². The number of carbonyl (C=O) groups is 2. The first-order valence-electron chi connectivity index (χ1n) is 6.71. The highest BCUT2D eigenvalue weighted by Crippen LogP contribution is 2.19. The number of nitrogens with one attached hydrogen (secondary N) is 2. The maximum Gasteiger partial charge on any atom is 0.336 e. The lowest BCUT2D eigenvalue weighted by molar-refractivity contribution is -0.122. The van der Waals surface area contributed by atoms with Crippen LogP contribution in [0.25, 0.3) is 11.0 Å². The van der Waals surface area contributed by atoms with E-state index in [4.69, 9.17) is 9.15 Å². The van der Waals surface area contributed by atoms with Gasteiger partial charge in [-0.05, 0) is 32.0 Å². The van der Waals surface area contributed by atoms with Crippen LogP contribution in [0.4, 0.5) is 4.79 Å². The Morgan fingerprint density at radius 2 is 1.95 bits per heavy atom. The molecule has 0 bridgehead atoms. The van der Waals surface area contributed by atoms with E-state index in [1.165, 1.54) is 12.1 Å². The smallest absolute Gasteiger partial charge is 0.336 e. The van der Waals surface area contributed by atoms with Crippen LogP contribution in [0.3, 0.4) is 0 Å². The molecule has 1 aromatic carbocycles. The van der Waals surface area contributed by atoms with Crippen LogP contribution in [-0.4, -0.2) is 24.6 Å². The number of rotatable bonds is 4. The Labute approximate surface area is 126 Å². The fourth-order valence-corrected chi connectivity index (χ4v) is 1.74. The molecule has 0 spiro atoms. The number of urea groups is 1. The van der Waals surface area contributed by atoms with E-state index in [1.807, 2.05) is 0 Å². The summed E-state index contributed by atoms with van der Waals surface area (Å²) in [5.74, 6) is -0.214. The van der Waals surface area contributed by atoms with Gasteiger partial charge in [-0.2, -0.15) is 0 Å². The Morgan fingerprint density at radius 1 is 1.23 bits per heavy atom. The topological polar surface area (TPSA) is 97.6 Å². The maximum atomic E-state index is 11.6. The summed E-state index contributed by atoms with van der Waals surface area (Å²) in [6.07, 6.45) is 0. The summed E-state index contributed by atoms with van der Waals surface area (Å²) in [6, 6.07) is 7.17. The monoisotopic (exact) mass is 304 g/mol. The zero-order chi connectivity index (χ0) is 16.1. The van der Waals surface area contributed by atoms with Crippen LogP contribution in [0.1, 0.15) is 13.8 Å². The van der Waals surface area contributed by atoms with E-state index in [2.05, 4.69) is 10.6 Å². The molecule has 7 heteroatoms. The van der Waals surface area contributed by atoms with E-state index in [9.17, 15) is 14.4 Å². The van der Waals surface area contributed by atoms with Gasteiger partial charge in [-0.15, -0.1) is 0 Å². The largest absolute Gasteiger partial charge is 0.484 e. The molecule has 1 aromatic heterocycles. The summed E-state index contributed by atoms with van der Waals surface area (Å²) >= 11 is 0. The van der Waals surface area contributed by atoms with E-state index in [1.54, 1.807) is 32.0 Å². The van der Waals surface area contributed by atoms with Crippen LogP contribution in [0.2, 0.25) is 0 Å². The molecular weight excluding hydrogens is 288 g/mol. The third kappa shape index (κ3) is 4.34. The molecular formula is C15H16N2O5. The summed E-state index contributed by atoms with van der Waals surface area (Å²) in [5.41, 5.74) is -0.101. The Hall–Kier alpha value is -2.83. The molecule has 2 rings (SSSR count). The SMILES string of the molecule is CC(C)NC(=O)NC(=O)COc1ccc2ccc(=O)oc2c1. The van der Waals surface area contributed by atoms with Gasteiger partial charge >= 0.3 is 11.7 Å². The predicted octanol–water partition coefficient (Wildman–Crippen LogP) is 1.41. The Balaban J connectivity index is 1.95. The van der Waals surface area contributed by atoms with Gasteiger partial charge in [0.25, 0.3) is 5.91 Å². The molecule has 0 saturated carbocycles. The van der Waals surface area contributed by atoms with Gasteiger partial charge in [0, 0.05) is 23.6 Å². The van der Waals surface area contributed by atoms with E-state index in [0.29, 0.717) is 11.3 Å². The summed E-state index contributed by atoms with van der Waals surface area (Å²) in [7, 11) is 0. The van der Waals surface area contributed by atoms with Crippen molar-refractivity contribution < 1.29 is 18.7 Å². The molecule has 0 unspecified atom stereocenters. The first-order valence-corrected chi connectivity index (χ1v) is 6.71. The van der Waals surface area contributed by atoms with Crippen LogP contribution in [0, 0.1) is 0 Å². The van der Waals surface area contributed by atoms with Gasteiger partial charge in [0.05, 0.1) is 0 Å². The zero-order valence-electron chi connectivity index (χ0n) is 12.2. The van der Waals surface area contributed by atoms with Crippen LogP contribution < -0.4 is 21.0 Å². The number of amides is 3. The maximum absolute atomic E-state index is 11.6. The second-order valence-corrected chi connectivity index (χ2v) is 4.92. The van der Waals surface area contributed by atoms with Gasteiger partial charge in [-0.3, -0.25) is 10.1 Å². The lowest BCUT2D eigenvalue weighted by Gasteiger charge is -2.10. The second-order valence-electron chi connectivity index (χ2n) is 4.92. The third-order valence-corrected chi connectivity index (χ3v) is 2.64. The highest BCUT2D eigenvalue weighted by Gasteiger charge is 2.09. The van der Waals surface area contributed by atoms with E-state index in [-0.39, 0.29) is 12.6 Å². The fourth-order valence-electron chi connectivity index (χ4n) is 1.74. The van der Waals surface area contributed by atoms with Crippen molar-refractivity contribution in [2.45, 2.75) is 19.9 Å². The van der Waals surface area contributed by atoms with Crippen molar-refractivity contribution in [3.8, 4) is 5.75 Å². The predicted molar refractivity (Wildman–Crippen MR) is 79.8 cm³/mol. The molecule has 22 heavy (non-hydrogen) atoms. The second kappa shape index (κ2) is 6.75. The molecule has 3 amide bonds. The molecule has 0 aliphatic rings. The summed E-state index contributed by atoms with van der Waals surface area (Å²) in [5, 5.41) is 5.41. The van der Waals surface area contributed by atoms with Gasteiger partial charge in [-0.1, -0.05) is 0 Å². The highest BCUT2D eigenvalue weighted by molar-refractivity contribution is 5.95. The first-order chi connectivity index (χ1) is 10.4. The van der Waals surface area contributed by atoms with Crippen molar-refractivity contribution in [3.05, 3.63) is 40.8 Å². The van der Waals surface area contributed by atoms with Crippen molar-refractivity contribution in [2.75, 3.05) is 6.61 Å². The van der Waals surface area contributed by atoms with Crippen LogP contribution in [-0.2, 0) is 4.79 Å². The summed E-state index contributed by atoms with van der Waals surface area (Å²) in [6.45, 7) is 3.24. The molecule has 0 atom stereocenters. The van der Waals surface area contributed by atoms with E-state index < -0.39 is 17.6 Å². The minimum absolute atomic E-state index is 0.0721. The molecule has 116 valence electrons. The molecule has 0 saturated heterocycles. The van der Waals surface area contributed by atoms with Gasteiger partial charge in [0.2, 0.25) is 0 Å². The number of benzene rings is 1. The zero-order valence-corrected chi connectivity index (χ0v) is 12.2. The molecule has 0 fully saturated rings. The average Bonchev–Trinajstić information content (AvgIpc) is 2.43. The molecule has 2 aromatic rings. The molecule has 7 nitrogen and oxygen atoms in total. The first kappa shape index (κ1) is 15.6. The van der Waals surface area contributed by atoms with E-state index >= 15 is 0 Å². The molecule has 2 N–H and O–H groups in total. The molecule has 0 radical (unpaired) electrons. The number of fused-ring (bicyclic) bond motifs is 1. The Bertz CT molecular complexity index is 751. The van der Waals surface area contributed by atoms with Crippen LogP contribution >= 0.6 is 0 Å². The van der Waals surface area contributed by atoms with Crippen molar-refractivity contribution >= 4 is 22.9 Å². The minimum atomic E-state index is -0.576. The standard InChI is InChI=1S/C15H16N2O5/c1-9(2)16-15(20)17-13(18)8-21-11-5-3-10-4-6-14(19)22-12(10)7-11/h3-7,9H,8H2,1-2H3,(H2,16,17,18,20). The van der Waals surface area contributed by atoms with Gasteiger partial charge in [0.1, 0.15) is 11.3 Å². The lowest BCUT2D eigenvalue weighted by Crippen LogP contribution is -2.44. The fraction of sp³-hybridized carbons (Fsp3) is 0.267. The van der Waals surface area contributed by atoms with Crippen molar-refractivity contribution in [1.82, 2.24) is 10.6 Å². The lowest BCUT2D eigenvalue weighted by atomic mass is 10.2. The molecule has 1 heterocycles. The van der Waals surface area contributed by atoms with Crippen LogP contribution in [0.5, 0.6) is 5.75 Å². The Kier molecular flexibility index (Phi) is 4.77. The van der Waals surface area contributed by atoms with E-state index in [0.717, 1.165) is 5.39 Å². The van der Waals surface area contributed by atoms with Crippen LogP contribution in [0.15, 0.2) is 39.5 Å². The molecule has 0 aliphatic heterocycles. The number of hydrogen-bond donors (Lipinski definition) is 2. The quantitative estimate of drug-likeness (QED) is 0.832. The number of ether oxygens (including phenoxy) is 1. The Morgan fingerprint density at radius 3 is 2.68 bits per heavy atom. The number of carbonyl (C=O) groups excluding carboxylic acids is 2. The third-order valence-electron chi connectivity index (χ3n) is 2.64. The number of imide groups is 1. The van der Waals surface area contributed by atoms with Gasteiger partial charge in [-0.25, -0.2) is 9.59 Å². The van der Waals surface area contributed by atoms with Crippen molar-refractivity contribution in [1.29, 1.82) is 0 Å². The minimum Gasteiger partial charge on any atom is -0.484 e.